The molecule has 0 spiro atoms. The van der Waals surface area contributed by atoms with Gasteiger partial charge in [0.25, 0.3) is 0 Å². The van der Waals surface area contributed by atoms with Crippen molar-refractivity contribution in [3.8, 4) is 0 Å². The molecule has 0 saturated heterocycles. The van der Waals surface area contributed by atoms with Crippen LogP contribution in [0.2, 0.25) is 15.1 Å². The quantitative estimate of drug-likeness (QED) is 0.654. The Morgan fingerprint density at radius 3 is 2.47 bits per heavy atom. The van der Waals surface area contributed by atoms with Crippen LogP contribution < -0.4 is 0 Å². The van der Waals surface area contributed by atoms with Crippen LogP contribution in [0.4, 0.5) is 0 Å². The zero-order valence-electron chi connectivity index (χ0n) is 10.1. The first-order valence-corrected chi connectivity index (χ1v) is 8.16. The van der Waals surface area contributed by atoms with E-state index in [1.807, 2.05) is 6.92 Å². The average molecular weight is 359 g/mol. The Balaban J connectivity index is 2.01. The molecule has 1 aliphatic rings. The number of nitrogens with zero attached hydrogens (tertiary/aromatic N) is 1. The van der Waals surface area contributed by atoms with Crippen molar-refractivity contribution < 1.29 is 4.84 Å². The Kier molecular flexibility index (Phi) is 5.18. The van der Waals surface area contributed by atoms with Gasteiger partial charge in [0, 0.05) is 27.2 Å². The van der Waals surface area contributed by atoms with Gasteiger partial charge in [-0.25, -0.2) is 0 Å². The molecule has 1 heterocycles. The summed E-state index contributed by atoms with van der Waals surface area (Å²) in [5.41, 5.74) is 0.442. The van der Waals surface area contributed by atoms with Gasteiger partial charge >= 0.3 is 0 Å². The second-order valence-corrected chi connectivity index (χ2v) is 7.04. The molecule has 1 aromatic rings. The number of halogens is 4. The van der Waals surface area contributed by atoms with Crippen LogP contribution in [0.5, 0.6) is 0 Å². The van der Waals surface area contributed by atoms with Gasteiger partial charge in [0.05, 0.1) is 5.88 Å². The van der Waals surface area contributed by atoms with Gasteiger partial charge in [0.15, 0.2) is 5.60 Å². The number of thioether (sulfide) groups is 1. The first-order valence-electron chi connectivity index (χ1n) is 5.51. The summed E-state index contributed by atoms with van der Waals surface area (Å²) in [6.07, 6.45) is 0.698. The Bertz CT molecular complexity index is 499. The number of benzene rings is 1. The molecule has 0 radical (unpaired) electrons. The normalized spacial score (nSPS) is 22.3. The summed E-state index contributed by atoms with van der Waals surface area (Å²) in [6, 6.07) is 3.36. The van der Waals surface area contributed by atoms with Crippen LogP contribution in [0.3, 0.4) is 0 Å². The lowest BCUT2D eigenvalue weighted by molar-refractivity contribution is 0.0152. The fraction of sp³-hybridized carbons (Fsp3) is 0.417. The van der Waals surface area contributed by atoms with Gasteiger partial charge in [-0.1, -0.05) is 40.0 Å². The van der Waals surface area contributed by atoms with Crippen LogP contribution in [0.25, 0.3) is 0 Å². The molecule has 104 valence electrons. The second kappa shape index (κ2) is 6.31. The van der Waals surface area contributed by atoms with Crippen LogP contribution in [0.1, 0.15) is 18.9 Å². The van der Waals surface area contributed by atoms with E-state index in [0.717, 1.165) is 10.6 Å². The van der Waals surface area contributed by atoms with Gasteiger partial charge in [0.2, 0.25) is 0 Å². The third kappa shape index (κ3) is 3.85. The van der Waals surface area contributed by atoms with E-state index in [2.05, 4.69) is 5.16 Å². The van der Waals surface area contributed by atoms with Crippen LogP contribution in [0, 0.1) is 0 Å². The van der Waals surface area contributed by atoms with Crippen molar-refractivity contribution in [3.05, 3.63) is 32.8 Å². The molecule has 0 aromatic heterocycles. The van der Waals surface area contributed by atoms with Crippen LogP contribution in [0.15, 0.2) is 17.3 Å². The number of oxime groups is 1. The summed E-state index contributed by atoms with van der Waals surface area (Å²) in [5, 5.41) is 6.58. The van der Waals surface area contributed by atoms with E-state index in [-0.39, 0.29) is 0 Å². The first kappa shape index (κ1) is 15.6. The topological polar surface area (TPSA) is 21.6 Å². The molecule has 1 atom stereocenters. The highest BCUT2D eigenvalue weighted by molar-refractivity contribution is 8.13. The monoisotopic (exact) mass is 357 g/mol. The van der Waals surface area contributed by atoms with E-state index in [4.69, 9.17) is 51.2 Å². The maximum Gasteiger partial charge on any atom is 0.154 e. The molecule has 19 heavy (non-hydrogen) atoms. The summed E-state index contributed by atoms with van der Waals surface area (Å²) < 4.78 is 0. The summed E-state index contributed by atoms with van der Waals surface area (Å²) in [4.78, 5) is 5.32. The fourth-order valence-corrected chi connectivity index (χ4v) is 3.93. The Labute approximate surface area is 136 Å². The van der Waals surface area contributed by atoms with E-state index in [0.29, 0.717) is 33.1 Å². The molecule has 0 amide bonds. The van der Waals surface area contributed by atoms with Gasteiger partial charge in [-0.05, 0) is 24.6 Å². The van der Waals surface area contributed by atoms with Crippen molar-refractivity contribution in [2.45, 2.75) is 24.7 Å². The molecular weight excluding hydrogens is 348 g/mol. The van der Waals surface area contributed by atoms with Crippen molar-refractivity contribution in [2.24, 2.45) is 5.16 Å². The molecule has 0 aliphatic carbocycles. The zero-order chi connectivity index (χ0) is 14.0. The summed E-state index contributed by atoms with van der Waals surface area (Å²) in [6.45, 7) is 1.93. The SMILES string of the molecule is CC1(CCl)CC(SCc2c(Cl)cc(Cl)cc2Cl)=NO1. The predicted octanol–water partition coefficient (Wildman–Crippen LogP) is 5.61. The van der Waals surface area contributed by atoms with E-state index < -0.39 is 5.60 Å². The lowest BCUT2D eigenvalue weighted by Gasteiger charge is -2.16. The molecule has 0 saturated carbocycles. The van der Waals surface area contributed by atoms with Crippen molar-refractivity contribution in [3.63, 3.8) is 0 Å². The lowest BCUT2D eigenvalue weighted by atomic mass is 10.1. The minimum absolute atomic E-state index is 0.405. The molecule has 2 rings (SSSR count). The molecule has 0 bridgehead atoms. The Hall–Kier alpha value is 0.200. The summed E-state index contributed by atoms with van der Waals surface area (Å²) in [5.74, 6) is 1.03. The Morgan fingerprint density at radius 2 is 1.95 bits per heavy atom. The summed E-state index contributed by atoms with van der Waals surface area (Å²) >= 11 is 25.5. The highest BCUT2D eigenvalue weighted by Gasteiger charge is 2.33. The van der Waals surface area contributed by atoms with Crippen molar-refractivity contribution >= 4 is 63.2 Å². The summed E-state index contributed by atoms with van der Waals surface area (Å²) in [7, 11) is 0. The van der Waals surface area contributed by atoms with E-state index in [9.17, 15) is 0 Å². The van der Waals surface area contributed by atoms with Crippen molar-refractivity contribution in [1.82, 2.24) is 0 Å². The molecule has 0 N–H and O–H groups in total. The number of alkyl halides is 1. The third-order valence-corrected chi connectivity index (χ3v) is 5.11. The standard InChI is InChI=1S/C12H11Cl4NOS/c1-12(6-13)4-11(17-18-12)19-5-8-9(15)2-7(14)3-10(8)16/h2-3H,4-6H2,1H3. The van der Waals surface area contributed by atoms with Crippen LogP contribution in [-0.2, 0) is 10.6 Å². The molecule has 7 heteroatoms. The highest BCUT2D eigenvalue weighted by Crippen LogP contribution is 2.35. The lowest BCUT2D eigenvalue weighted by Crippen LogP contribution is -2.26. The number of hydrogen-bond donors (Lipinski definition) is 0. The van der Waals surface area contributed by atoms with E-state index >= 15 is 0 Å². The van der Waals surface area contributed by atoms with Gasteiger partial charge in [-0.2, -0.15) is 0 Å². The van der Waals surface area contributed by atoms with Crippen molar-refractivity contribution in [2.75, 3.05) is 5.88 Å². The third-order valence-electron chi connectivity index (χ3n) is 2.66. The maximum atomic E-state index is 6.13. The van der Waals surface area contributed by atoms with Crippen molar-refractivity contribution in [1.29, 1.82) is 0 Å². The molecule has 1 unspecified atom stereocenters. The minimum atomic E-state index is -0.405. The van der Waals surface area contributed by atoms with Gasteiger partial charge in [-0.3, -0.25) is 0 Å². The van der Waals surface area contributed by atoms with Gasteiger partial charge in [0.1, 0.15) is 5.04 Å². The second-order valence-electron chi connectivity index (χ2n) is 4.47. The molecule has 1 aliphatic heterocycles. The van der Waals surface area contributed by atoms with Crippen LogP contribution >= 0.6 is 58.2 Å². The molecule has 1 aromatic carbocycles. The van der Waals surface area contributed by atoms with Gasteiger partial charge < -0.3 is 4.84 Å². The zero-order valence-corrected chi connectivity index (χ0v) is 13.9. The fourth-order valence-electron chi connectivity index (χ4n) is 1.56. The highest BCUT2D eigenvalue weighted by atomic mass is 35.5. The van der Waals surface area contributed by atoms with E-state index in [1.165, 1.54) is 0 Å². The largest absolute Gasteiger partial charge is 0.387 e. The Morgan fingerprint density at radius 1 is 1.32 bits per heavy atom. The molecule has 0 fully saturated rings. The smallest absolute Gasteiger partial charge is 0.154 e. The van der Waals surface area contributed by atoms with Gasteiger partial charge in [-0.15, -0.1) is 23.4 Å². The first-order chi connectivity index (χ1) is 8.93. The molecule has 2 nitrogen and oxygen atoms in total. The van der Waals surface area contributed by atoms with E-state index in [1.54, 1.807) is 23.9 Å². The average Bonchev–Trinajstić information content (AvgIpc) is 2.71. The minimum Gasteiger partial charge on any atom is -0.387 e. The maximum absolute atomic E-state index is 6.13. The number of hydrogen-bond acceptors (Lipinski definition) is 3. The molecular formula is C12H11Cl4NOS. The predicted molar refractivity (Wildman–Crippen MR) is 85.0 cm³/mol. The number of rotatable bonds is 3. The van der Waals surface area contributed by atoms with Crippen LogP contribution in [-0.4, -0.2) is 16.5 Å².